The number of rotatable bonds is 8. The molecule has 10 heteroatoms. The van der Waals surface area contributed by atoms with Crippen molar-refractivity contribution in [2.24, 2.45) is 5.92 Å². The van der Waals surface area contributed by atoms with E-state index < -0.39 is 11.9 Å². The maximum absolute atomic E-state index is 13.1. The zero-order valence-corrected chi connectivity index (χ0v) is 19.6. The SMILES string of the molecule is CC(C)CCn1c(=O)c2ccccc2n2c(COC(=O)CNC(=O)c3cccc(Cl)c3)nnc12. The van der Waals surface area contributed by atoms with Crippen LogP contribution >= 0.6 is 11.6 Å². The van der Waals surface area contributed by atoms with E-state index in [4.69, 9.17) is 16.3 Å². The molecule has 2 heterocycles. The maximum Gasteiger partial charge on any atom is 0.325 e. The molecule has 4 rings (SSSR count). The first kappa shape index (κ1) is 23.4. The van der Waals surface area contributed by atoms with Crippen LogP contribution in [0.25, 0.3) is 16.7 Å². The summed E-state index contributed by atoms with van der Waals surface area (Å²) in [6.07, 6.45) is 0.803. The zero-order valence-electron chi connectivity index (χ0n) is 18.8. The standard InChI is InChI=1S/C24H24ClN5O4/c1-15(2)10-11-29-23(33)18-8-3-4-9-19(18)30-20(27-28-24(29)30)14-34-21(31)13-26-22(32)16-6-5-7-17(25)12-16/h3-9,12,15H,10-11,13-14H2,1-2H3,(H,26,32). The van der Waals surface area contributed by atoms with Crippen molar-refractivity contribution in [2.75, 3.05) is 6.54 Å². The van der Waals surface area contributed by atoms with Gasteiger partial charge < -0.3 is 10.1 Å². The Hall–Kier alpha value is -3.72. The summed E-state index contributed by atoms with van der Waals surface area (Å²) < 4.78 is 8.67. The molecule has 0 unspecified atom stereocenters. The van der Waals surface area contributed by atoms with Gasteiger partial charge in [0.25, 0.3) is 11.5 Å². The average Bonchev–Trinajstić information content (AvgIpc) is 3.25. The lowest BCUT2D eigenvalue weighted by Gasteiger charge is -2.12. The number of ether oxygens (including phenoxy) is 1. The van der Waals surface area contributed by atoms with Crippen molar-refractivity contribution in [3.63, 3.8) is 0 Å². The van der Waals surface area contributed by atoms with E-state index in [0.29, 0.717) is 45.6 Å². The molecule has 2 aromatic carbocycles. The highest BCUT2D eigenvalue weighted by atomic mass is 35.5. The number of hydrogen-bond acceptors (Lipinski definition) is 6. The van der Waals surface area contributed by atoms with Crippen LogP contribution in [-0.2, 0) is 22.7 Å². The molecule has 0 spiro atoms. The van der Waals surface area contributed by atoms with Gasteiger partial charge in [0.1, 0.15) is 6.54 Å². The molecule has 4 aromatic rings. The molecule has 2 aromatic heterocycles. The molecule has 1 N–H and O–H groups in total. The van der Waals surface area contributed by atoms with E-state index in [9.17, 15) is 14.4 Å². The number of fused-ring (bicyclic) bond motifs is 3. The van der Waals surface area contributed by atoms with Gasteiger partial charge in [0.2, 0.25) is 5.78 Å². The van der Waals surface area contributed by atoms with Crippen LogP contribution in [0, 0.1) is 5.92 Å². The Balaban J connectivity index is 1.53. The zero-order chi connectivity index (χ0) is 24.2. The Bertz CT molecular complexity index is 1430. The van der Waals surface area contributed by atoms with Crippen LogP contribution in [0.3, 0.4) is 0 Å². The van der Waals surface area contributed by atoms with E-state index in [0.717, 1.165) is 6.42 Å². The minimum atomic E-state index is -0.635. The van der Waals surface area contributed by atoms with Crippen LogP contribution in [0.2, 0.25) is 5.02 Å². The number of esters is 1. The second-order valence-corrected chi connectivity index (χ2v) is 8.70. The molecule has 0 aliphatic carbocycles. The monoisotopic (exact) mass is 481 g/mol. The van der Waals surface area contributed by atoms with Crippen LogP contribution in [0.1, 0.15) is 36.5 Å². The minimum absolute atomic E-state index is 0.136. The number of carbonyl (C=O) groups is 2. The normalized spacial score (nSPS) is 11.3. The number of hydrogen-bond donors (Lipinski definition) is 1. The van der Waals surface area contributed by atoms with E-state index in [-0.39, 0.29) is 18.7 Å². The smallest absolute Gasteiger partial charge is 0.325 e. The van der Waals surface area contributed by atoms with Gasteiger partial charge in [0.15, 0.2) is 12.4 Å². The highest BCUT2D eigenvalue weighted by Gasteiger charge is 2.18. The third-order valence-corrected chi connectivity index (χ3v) is 5.58. The van der Waals surface area contributed by atoms with Crippen LogP contribution in [0.4, 0.5) is 0 Å². The molecule has 0 radical (unpaired) electrons. The van der Waals surface area contributed by atoms with Gasteiger partial charge in [-0.1, -0.05) is 43.6 Å². The Morgan fingerprint density at radius 2 is 1.91 bits per heavy atom. The number of carbonyl (C=O) groups excluding carboxylic acids is 2. The fourth-order valence-corrected chi connectivity index (χ4v) is 3.77. The molecule has 34 heavy (non-hydrogen) atoms. The second-order valence-electron chi connectivity index (χ2n) is 8.26. The third kappa shape index (κ3) is 4.94. The fraction of sp³-hybridized carbons (Fsp3) is 0.292. The van der Waals surface area contributed by atoms with Gasteiger partial charge >= 0.3 is 5.97 Å². The summed E-state index contributed by atoms with van der Waals surface area (Å²) in [6, 6.07) is 13.6. The summed E-state index contributed by atoms with van der Waals surface area (Å²) >= 11 is 5.90. The number of nitrogens with one attached hydrogen (secondary N) is 1. The van der Waals surface area contributed by atoms with Gasteiger partial charge in [-0.3, -0.25) is 23.4 Å². The Labute approximate surface area is 200 Å². The molecular formula is C24H24ClN5O4. The molecule has 0 fully saturated rings. The van der Waals surface area contributed by atoms with Crippen molar-refractivity contribution >= 4 is 40.2 Å². The van der Waals surface area contributed by atoms with Crippen LogP contribution in [-0.4, -0.2) is 37.6 Å². The molecule has 0 saturated heterocycles. The summed E-state index contributed by atoms with van der Waals surface area (Å²) in [7, 11) is 0. The van der Waals surface area contributed by atoms with Crippen LogP contribution in [0.5, 0.6) is 0 Å². The topological polar surface area (TPSA) is 108 Å². The van der Waals surface area contributed by atoms with Gasteiger partial charge in [-0.25, -0.2) is 0 Å². The summed E-state index contributed by atoms with van der Waals surface area (Å²) in [5.41, 5.74) is 0.839. The molecule has 0 atom stereocenters. The lowest BCUT2D eigenvalue weighted by Crippen LogP contribution is -2.30. The predicted octanol–water partition coefficient (Wildman–Crippen LogP) is 3.22. The highest BCUT2D eigenvalue weighted by molar-refractivity contribution is 6.31. The largest absolute Gasteiger partial charge is 0.456 e. The number of nitrogens with zero attached hydrogens (tertiary/aromatic N) is 4. The number of halogens is 1. The predicted molar refractivity (Wildman–Crippen MR) is 128 cm³/mol. The quantitative estimate of drug-likeness (QED) is 0.387. The number of aromatic nitrogens is 4. The van der Waals surface area contributed by atoms with Crippen molar-refractivity contribution in [3.05, 3.63) is 75.3 Å². The molecule has 0 aliphatic heterocycles. The third-order valence-electron chi connectivity index (χ3n) is 5.35. The Kier molecular flexibility index (Phi) is 6.93. The number of benzene rings is 2. The van der Waals surface area contributed by atoms with Crippen molar-refractivity contribution in [3.8, 4) is 0 Å². The molecule has 176 valence electrons. The molecule has 1 amide bonds. The lowest BCUT2D eigenvalue weighted by atomic mass is 10.1. The van der Waals surface area contributed by atoms with Gasteiger partial charge in [-0.2, -0.15) is 0 Å². The van der Waals surface area contributed by atoms with Crippen molar-refractivity contribution in [2.45, 2.75) is 33.4 Å². The summed E-state index contributed by atoms with van der Waals surface area (Å²) in [4.78, 5) is 37.5. The van der Waals surface area contributed by atoms with Crippen molar-refractivity contribution < 1.29 is 14.3 Å². The molecular weight excluding hydrogens is 458 g/mol. The van der Waals surface area contributed by atoms with Crippen molar-refractivity contribution in [1.29, 1.82) is 0 Å². The summed E-state index contributed by atoms with van der Waals surface area (Å²) in [5, 5.41) is 11.8. The summed E-state index contributed by atoms with van der Waals surface area (Å²) in [5.74, 6) is 0.102. The van der Waals surface area contributed by atoms with Gasteiger partial charge in [-0.15, -0.1) is 10.2 Å². The fourth-order valence-electron chi connectivity index (χ4n) is 3.58. The van der Waals surface area contributed by atoms with Crippen LogP contribution in [0.15, 0.2) is 53.3 Å². The van der Waals surface area contributed by atoms with E-state index in [2.05, 4.69) is 29.4 Å². The number of aryl methyl sites for hydroxylation is 1. The first-order chi connectivity index (χ1) is 16.3. The first-order valence-corrected chi connectivity index (χ1v) is 11.3. The molecule has 0 bridgehead atoms. The highest BCUT2D eigenvalue weighted by Crippen LogP contribution is 2.16. The number of para-hydroxylation sites is 1. The molecule has 0 aliphatic rings. The van der Waals surface area contributed by atoms with Gasteiger partial charge in [-0.05, 0) is 42.7 Å². The maximum atomic E-state index is 13.1. The minimum Gasteiger partial charge on any atom is -0.456 e. The molecule has 9 nitrogen and oxygen atoms in total. The summed E-state index contributed by atoms with van der Waals surface area (Å²) in [6.45, 7) is 4.19. The van der Waals surface area contributed by atoms with Crippen molar-refractivity contribution in [1.82, 2.24) is 24.5 Å². The van der Waals surface area contributed by atoms with E-state index in [1.54, 1.807) is 45.4 Å². The first-order valence-electron chi connectivity index (χ1n) is 10.9. The Morgan fingerprint density at radius 3 is 2.68 bits per heavy atom. The number of amides is 1. The Morgan fingerprint density at radius 1 is 1.12 bits per heavy atom. The van der Waals surface area contributed by atoms with E-state index >= 15 is 0 Å². The van der Waals surface area contributed by atoms with E-state index in [1.165, 1.54) is 6.07 Å². The van der Waals surface area contributed by atoms with Crippen LogP contribution < -0.4 is 10.9 Å². The molecule has 0 saturated carbocycles. The van der Waals surface area contributed by atoms with Gasteiger partial charge in [0.05, 0.1) is 10.9 Å². The lowest BCUT2D eigenvalue weighted by molar-refractivity contribution is -0.143. The van der Waals surface area contributed by atoms with E-state index in [1.807, 2.05) is 6.07 Å². The van der Waals surface area contributed by atoms with Gasteiger partial charge in [0, 0.05) is 17.1 Å². The second kappa shape index (κ2) is 10.0. The average molecular weight is 482 g/mol.